The number of nitrogens with one attached hydrogen (secondary N) is 2. The summed E-state index contributed by atoms with van der Waals surface area (Å²) in [5, 5.41) is 3.20. The van der Waals surface area contributed by atoms with Crippen LogP contribution in [0.1, 0.15) is 18.1 Å². The van der Waals surface area contributed by atoms with E-state index in [1.165, 1.54) is 5.56 Å². The average Bonchev–Trinajstić information content (AvgIpc) is 2.74. The number of para-hydroxylation sites is 2. The van der Waals surface area contributed by atoms with E-state index in [4.69, 9.17) is 0 Å². The van der Waals surface area contributed by atoms with Crippen molar-refractivity contribution in [1.29, 1.82) is 0 Å². The van der Waals surface area contributed by atoms with Crippen molar-refractivity contribution in [3.8, 4) is 0 Å². The molecule has 6 nitrogen and oxygen atoms in total. The highest BCUT2D eigenvalue weighted by atomic mass is 32.2. The maximum Gasteiger partial charge on any atom is 0.263 e. The molecule has 0 saturated heterocycles. The lowest BCUT2D eigenvalue weighted by atomic mass is 10.1. The largest absolute Gasteiger partial charge is 0.337 e. The first-order chi connectivity index (χ1) is 14.4. The van der Waals surface area contributed by atoms with E-state index in [1.54, 1.807) is 24.3 Å². The number of aryl methyl sites for hydroxylation is 2. The lowest BCUT2D eigenvalue weighted by Crippen LogP contribution is -2.16. The fourth-order valence-corrected chi connectivity index (χ4v) is 4.20. The SMILES string of the molecule is CCc1ccc(Nc2nc3ccccc3nc2NS(=O)(=O)c2cccc(C)c2)cc1. The molecular formula is C23H22N4O2S. The number of anilines is 3. The second-order valence-electron chi connectivity index (χ2n) is 7.01. The first kappa shape index (κ1) is 19.8. The Morgan fingerprint density at radius 3 is 2.13 bits per heavy atom. The predicted molar refractivity (Wildman–Crippen MR) is 121 cm³/mol. The first-order valence-corrected chi connectivity index (χ1v) is 11.1. The zero-order valence-electron chi connectivity index (χ0n) is 16.8. The van der Waals surface area contributed by atoms with E-state index < -0.39 is 10.0 Å². The van der Waals surface area contributed by atoms with Crippen molar-refractivity contribution in [2.75, 3.05) is 10.0 Å². The maximum absolute atomic E-state index is 13.0. The Hall–Kier alpha value is -3.45. The van der Waals surface area contributed by atoms with E-state index in [0.29, 0.717) is 16.9 Å². The van der Waals surface area contributed by atoms with Gasteiger partial charge in [-0.25, -0.2) is 18.4 Å². The van der Waals surface area contributed by atoms with Crippen LogP contribution in [0.4, 0.5) is 17.3 Å². The highest BCUT2D eigenvalue weighted by Crippen LogP contribution is 2.27. The van der Waals surface area contributed by atoms with Gasteiger partial charge in [-0.3, -0.25) is 4.72 Å². The summed E-state index contributed by atoms with van der Waals surface area (Å²) in [7, 11) is -3.82. The second kappa shape index (κ2) is 8.12. The van der Waals surface area contributed by atoms with Crippen LogP contribution in [0.5, 0.6) is 0 Å². The summed E-state index contributed by atoms with van der Waals surface area (Å²) in [5.74, 6) is 0.490. The van der Waals surface area contributed by atoms with Gasteiger partial charge in [-0.1, -0.05) is 43.3 Å². The monoisotopic (exact) mass is 418 g/mol. The molecule has 3 aromatic carbocycles. The van der Waals surface area contributed by atoms with Gasteiger partial charge in [0.2, 0.25) is 0 Å². The summed E-state index contributed by atoms with van der Waals surface area (Å²) in [5.41, 5.74) is 4.14. The van der Waals surface area contributed by atoms with E-state index in [2.05, 4.69) is 26.9 Å². The fraction of sp³-hybridized carbons (Fsp3) is 0.130. The van der Waals surface area contributed by atoms with Gasteiger partial charge in [-0.15, -0.1) is 0 Å². The van der Waals surface area contributed by atoms with Gasteiger partial charge in [0.1, 0.15) is 0 Å². The number of fused-ring (bicyclic) bond motifs is 1. The second-order valence-corrected chi connectivity index (χ2v) is 8.69. The summed E-state index contributed by atoms with van der Waals surface area (Å²) < 4.78 is 28.5. The van der Waals surface area contributed by atoms with Crippen molar-refractivity contribution < 1.29 is 8.42 Å². The third-order valence-electron chi connectivity index (χ3n) is 4.73. The van der Waals surface area contributed by atoms with E-state index >= 15 is 0 Å². The zero-order valence-corrected chi connectivity index (χ0v) is 17.6. The van der Waals surface area contributed by atoms with Crippen molar-refractivity contribution in [3.05, 3.63) is 83.9 Å². The van der Waals surface area contributed by atoms with Crippen LogP contribution >= 0.6 is 0 Å². The highest BCUT2D eigenvalue weighted by molar-refractivity contribution is 7.92. The van der Waals surface area contributed by atoms with Crippen LogP contribution in [-0.4, -0.2) is 18.4 Å². The van der Waals surface area contributed by atoms with Gasteiger partial charge in [0.25, 0.3) is 10.0 Å². The Kier molecular flexibility index (Phi) is 5.37. The molecule has 4 aromatic rings. The smallest absolute Gasteiger partial charge is 0.263 e. The van der Waals surface area contributed by atoms with Crippen LogP contribution in [0.3, 0.4) is 0 Å². The maximum atomic E-state index is 13.0. The predicted octanol–water partition coefficient (Wildman–Crippen LogP) is 5.05. The molecule has 0 saturated carbocycles. The Labute approximate surface area is 176 Å². The minimum atomic E-state index is -3.82. The Bertz CT molecular complexity index is 1300. The number of nitrogens with zero attached hydrogens (tertiary/aromatic N) is 2. The summed E-state index contributed by atoms with van der Waals surface area (Å²) in [4.78, 5) is 9.31. The molecule has 0 atom stereocenters. The molecule has 0 unspecified atom stereocenters. The van der Waals surface area contributed by atoms with Crippen molar-refractivity contribution in [2.45, 2.75) is 25.2 Å². The normalized spacial score (nSPS) is 11.4. The number of rotatable bonds is 6. The lowest BCUT2D eigenvalue weighted by molar-refractivity contribution is 0.601. The van der Waals surface area contributed by atoms with Crippen LogP contribution in [-0.2, 0) is 16.4 Å². The van der Waals surface area contributed by atoms with Crippen LogP contribution in [0.15, 0.2) is 77.7 Å². The van der Waals surface area contributed by atoms with E-state index in [1.807, 2.05) is 55.5 Å². The van der Waals surface area contributed by atoms with Gasteiger partial charge >= 0.3 is 0 Å². The Morgan fingerprint density at radius 2 is 1.50 bits per heavy atom. The highest BCUT2D eigenvalue weighted by Gasteiger charge is 2.19. The number of aromatic nitrogens is 2. The topological polar surface area (TPSA) is 84.0 Å². The van der Waals surface area contributed by atoms with Gasteiger partial charge in [-0.2, -0.15) is 0 Å². The van der Waals surface area contributed by atoms with Crippen molar-refractivity contribution in [2.24, 2.45) is 0 Å². The van der Waals surface area contributed by atoms with Crippen LogP contribution in [0.2, 0.25) is 0 Å². The Balaban J connectivity index is 1.76. The summed E-state index contributed by atoms with van der Waals surface area (Å²) in [6.07, 6.45) is 0.942. The van der Waals surface area contributed by atoms with E-state index in [0.717, 1.165) is 17.7 Å². The molecule has 0 aliphatic heterocycles. The molecule has 4 rings (SSSR count). The van der Waals surface area contributed by atoms with Gasteiger partial charge in [0.15, 0.2) is 11.6 Å². The van der Waals surface area contributed by atoms with Gasteiger partial charge in [0.05, 0.1) is 15.9 Å². The molecule has 0 aliphatic carbocycles. The molecular weight excluding hydrogens is 396 g/mol. The molecule has 1 heterocycles. The fourth-order valence-electron chi connectivity index (χ4n) is 3.09. The number of sulfonamides is 1. The molecule has 152 valence electrons. The molecule has 0 aliphatic rings. The van der Waals surface area contributed by atoms with Crippen molar-refractivity contribution >= 4 is 38.4 Å². The van der Waals surface area contributed by atoms with Gasteiger partial charge < -0.3 is 5.32 Å². The first-order valence-electron chi connectivity index (χ1n) is 9.67. The lowest BCUT2D eigenvalue weighted by Gasteiger charge is -2.14. The number of benzene rings is 3. The molecule has 2 N–H and O–H groups in total. The molecule has 7 heteroatoms. The van der Waals surface area contributed by atoms with Crippen molar-refractivity contribution in [3.63, 3.8) is 0 Å². The molecule has 0 fully saturated rings. The van der Waals surface area contributed by atoms with Gasteiger partial charge in [-0.05, 0) is 60.9 Å². The summed E-state index contributed by atoms with van der Waals surface area (Å²) in [6, 6.07) is 22.0. The quantitative estimate of drug-likeness (QED) is 0.458. The number of hydrogen-bond donors (Lipinski definition) is 2. The minimum Gasteiger partial charge on any atom is -0.337 e. The Morgan fingerprint density at radius 1 is 0.833 bits per heavy atom. The summed E-state index contributed by atoms with van der Waals surface area (Å²) in [6.45, 7) is 3.94. The van der Waals surface area contributed by atoms with Crippen LogP contribution in [0.25, 0.3) is 11.0 Å². The molecule has 0 amide bonds. The molecule has 30 heavy (non-hydrogen) atoms. The third-order valence-corrected chi connectivity index (χ3v) is 6.06. The molecule has 0 radical (unpaired) electrons. The summed E-state index contributed by atoms with van der Waals surface area (Å²) >= 11 is 0. The molecule has 1 aromatic heterocycles. The number of hydrogen-bond acceptors (Lipinski definition) is 5. The average molecular weight is 419 g/mol. The van der Waals surface area contributed by atoms with E-state index in [9.17, 15) is 8.42 Å². The zero-order chi connectivity index (χ0) is 21.1. The van der Waals surface area contributed by atoms with E-state index in [-0.39, 0.29) is 10.7 Å². The molecule has 0 bridgehead atoms. The van der Waals surface area contributed by atoms with Crippen molar-refractivity contribution in [1.82, 2.24) is 9.97 Å². The van der Waals surface area contributed by atoms with Crippen LogP contribution in [0, 0.1) is 6.92 Å². The van der Waals surface area contributed by atoms with Crippen LogP contribution < -0.4 is 10.0 Å². The standard InChI is InChI=1S/C23H22N4O2S/c1-3-17-11-13-18(14-12-17)24-22-23(26-21-10-5-4-9-20(21)25-22)27-30(28,29)19-8-6-7-16(2)15-19/h4-15H,3H2,1-2H3,(H,24,25)(H,26,27). The minimum absolute atomic E-state index is 0.148. The molecule has 0 spiro atoms. The third kappa shape index (κ3) is 4.26. The van der Waals surface area contributed by atoms with Gasteiger partial charge in [0, 0.05) is 5.69 Å².